The van der Waals surface area contributed by atoms with Crippen molar-refractivity contribution in [3.05, 3.63) is 23.8 Å². The van der Waals surface area contributed by atoms with Gasteiger partial charge in [-0.05, 0) is 31.0 Å². The smallest absolute Gasteiger partial charge is 0.410 e. The molecule has 1 aromatic rings. The molecule has 0 bridgehead atoms. The summed E-state index contributed by atoms with van der Waals surface area (Å²) in [6, 6.07) is 5.75. The zero-order chi connectivity index (χ0) is 19.6. The number of benzene rings is 1. The second-order valence-electron chi connectivity index (χ2n) is 6.40. The number of ether oxygens (including phenoxy) is 3. The Morgan fingerprint density at radius 1 is 1.15 bits per heavy atom. The molecule has 0 atom stereocenters. The fourth-order valence-electron chi connectivity index (χ4n) is 3.07. The zero-order valence-corrected chi connectivity index (χ0v) is 16.4. The van der Waals surface area contributed by atoms with Gasteiger partial charge in [-0.1, -0.05) is 6.07 Å². The number of methoxy groups -OCH3 is 2. The second-order valence-corrected chi connectivity index (χ2v) is 6.40. The average molecular weight is 380 g/mol. The number of nitrogens with zero attached hydrogens (tertiary/aromatic N) is 1. The van der Waals surface area contributed by atoms with E-state index in [-0.39, 0.29) is 12.0 Å². The van der Waals surface area contributed by atoms with Crippen molar-refractivity contribution < 1.29 is 28.7 Å². The van der Waals surface area contributed by atoms with Crippen LogP contribution < -0.4 is 19.7 Å². The van der Waals surface area contributed by atoms with Crippen molar-refractivity contribution >= 4 is 12.0 Å². The normalized spacial score (nSPS) is 14.6. The topological polar surface area (TPSA) is 81.5 Å². The van der Waals surface area contributed by atoms with Crippen LogP contribution in [0, 0.1) is 0 Å². The lowest BCUT2D eigenvalue weighted by molar-refractivity contribution is -0.896. The molecule has 1 fully saturated rings. The second kappa shape index (κ2) is 10.6. The van der Waals surface area contributed by atoms with E-state index in [0.29, 0.717) is 44.3 Å². The fraction of sp³-hybridized carbons (Fsp3) is 0.579. The molecule has 150 valence electrons. The molecule has 1 aromatic carbocycles. The fourth-order valence-corrected chi connectivity index (χ4v) is 3.07. The maximum absolute atomic E-state index is 12.2. The summed E-state index contributed by atoms with van der Waals surface area (Å²) >= 11 is 0. The van der Waals surface area contributed by atoms with E-state index in [1.165, 1.54) is 4.90 Å². The Morgan fingerprint density at radius 3 is 2.48 bits per heavy atom. The molecule has 0 aliphatic carbocycles. The predicted octanol–water partition coefficient (Wildman–Crippen LogP) is -0.280. The molecule has 2 N–H and O–H groups in total. The van der Waals surface area contributed by atoms with Crippen molar-refractivity contribution in [3.63, 3.8) is 0 Å². The van der Waals surface area contributed by atoms with Crippen LogP contribution in [0.5, 0.6) is 11.5 Å². The van der Waals surface area contributed by atoms with Gasteiger partial charge in [0.05, 0.1) is 47.0 Å². The van der Waals surface area contributed by atoms with E-state index in [1.807, 2.05) is 18.2 Å². The molecule has 1 aliphatic heterocycles. The highest BCUT2D eigenvalue weighted by Crippen LogP contribution is 2.27. The molecule has 27 heavy (non-hydrogen) atoms. The van der Waals surface area contributed by atoms with E-state index in [9.17, 15) is 9.59 Å². The summed E-state index contributed by atoms with van der Waals surface area (Å²) in [6.45, 7) is 5.91. The molecule has 1 aliphatic rings. The molecule has 0 saturated carbocycles. The lowest BCUT2D eigenvalue weighted by Crippen LogP contribution is -3.15. The summed E-state index contributed by atoms with van der Waals surface area (Å²) in [6.07, 6.45) is 0.453. The molecule has 0 spiro atoms. The molecular weight excluding hydrogens is 350 g/mol. The Balaban J connectivity index is 1.69. The van der Waals surface area contributed by atoms with E-state index in [2.05, 4.69) is 5.32 Å². The molecule has 0 unspecified atom stereocenters. The van der Waals surface area contributed by atoms with E-state index < -0.39 is 0 Å². The minimum Gasteiger partial charge on any atom is -0.493 e. The van der Waals surface area contributed by atoms with Crippen LogP contribution >= 0.6 is 0 Å². The molecule has 8 heteroatoms. The van der Waals surface area contributed by atoms with Gasteiger partial charge in [0.25, 0.3) is 5.91 Å². The largest absolute Gasteiger partial charge is 0.493 e. The van der Waals surface area contributed by atoms with Gasteiger partial charge in [0.1, 0.15) is 0 Å². The monoisotopic (exact) mass is 380 g/mol. The van der Waals surface area contributed by atoms with Crippen LogP contribution in [0.1, 0.15) is 12.5 Å². The lowest BCUT2D eigenvalue weighted by Gasteiger charge is -2.31. The van der Waals surface area contributed by atoms with Crippen LogP contribution in [-0.2, 0) is 16.0 Å². The maximum Gasteiger partial charge on any atom is 0.410 e. The number of hydrogen-bond donors (Lipinski definition) is 2. The van der Waals surface area contributed by atoms with E-state index >= 15 is 0 Å². The highest BCUT2D eigenvalue weighted by atomic mass is 16.6. The molecule has 8 nitrogen and oxygen atoms in total. The third-order valence-corrected chi connectivity index (χ3v) is 4.59. The first kappa shape index (κ1) is 20.8. The van der Waals surface area contributed by atoms with Gasteiger partial charge in [0.15, 0.2) is 18.0 Å². The van der Waals surface area contributed by atoms with E-state index in [4.69, 9.17) is 14.2 Å². The van der Waals surface area contributed by atoms with Gasteiger partial charge in [-0.25, -0.2) is 4.79 Å². The molecule has 2 rings (SSSR count). The number of carbonyl (C=O) groups is 2. The Bertz CT molecular complexity index is 630. The van der Waals surface area contributed by atoms with E-state index in [0.717, 1.165) is 25.1 Å². The Hall–Kier alpha value is -2.48. The number of carbonyl (C=O) groups excluding carboxylic acids is 2. The number of amides is 2. The summed E-state index contributed by atoms with van der Waals surface area (Å²) < 4.78 is 15.5. The van der Waals surface area contributed by atoms with Crippen LogP contribution in [0.3, 0.4) is 0 Å². The Kier molecular flexibility index (Phi) is 8.19. The standard InChI is InChI=1S/C19H29N3O5/c1-4-27-19(24)22-11-9-21(10-12-22)14-18(23)20-8-7-15-5-6-16(25-2)17(13-15)26-3/h5-6,13H,4,7-12,14H2,1-3H3,(H,20,23)/p+1. The van der Waals surface area contributed by atoms with Gasteiger partial charge in [0.2, 0.25) is 0 Å². The number of quaternary nitrogens is 1. The zero-order valence-electron chi connectivity index (χ0n) is 16.4. The Labute approximate surface area is 160 Å². The third-order valence-electron chi connectivity index (χ3n) is 4.59. The minimum absolute atomic E-state index is 0.0232. The van der Waals surface area contributed by atoms with E-state index in [1.54, 1.807) is 26.0 Å². The highest BCUT2D eigenvalue weighted by molar-refractivity contribution is 5.76. The SMILES string of the molecule is CCOC(=O)N1CC[NH+](CC(=O)NCCc2ccc(OC)c(OC)c2)CC1. The third kappa shape index (κ3) is 6.32. The lowest BCUT2D eigenvalue weighted by atomic mass is 10.1. The summed E-state index contributed by atoms with van der Waals surface area (Å²) in [5.74, 6) is 1.40. The summed E-state index contributed by atoms with van der Waals surface area (Å²) in [5, 5.41) is 2.96. The van der Waals surface area contributed by atoms with Gasteiger partial charge in [0, 0.05) is 6.54 Å². The van der Waals surface area contributed by atoms with Crippen LogP contribution in [-0.4, -0.2) is 77.0 Å². The highest BCUT2D eigenvalue weighted by Gasteiger charge is 2.25. The number of nitrogens with one attached hydrogen (secondary N) is 2. The van der Waals surface area contributed by atoms with Crippen LogP contribution in [0.4, 0.5) is 4.79 Å². The maximum atomic E-state index is 12.2. The first-order valence-corrected chi connectivity index (χ1v) is 9.30. The molecule has 0 radical (unpaired) electrons. The van der Waals surface area contributed by atoms with Gasteiger partial charge < -0.3 is 24.4 Å². The van der Waals surface area contributed by atoms with Gasteiger partial charge in [-0.3, -0.25) is 9.69 Å². The van der Waals surface area contributed by atoms with Crippen LogP contribution in [0.15, 0.2) is 18.2 Å². The summed E-state index contributed by atoms with van der Waals surface area (Å²) in [4.78, 5) is 26.7. The van der Waals surface area contributed by atoms with Crippen molar-refractivity contribution in [2.45, 2.75) is 13.3 Å². The predicted molar refractivity (Wildman–Crippen MR) is 100 cm³/mol. The van der Waals surface area contributed by atoms with Crippen molar-refractivity contribution in [1.29, 1.82) is 0 Å². The molecule has 1 heterocycles. The first-order valence-electron chi connectivity index (χ1n) is 9.30. The van der Waals surface area contributed by atoms with Crippen LogP contribution in [0.25, 0.3) is 0 Å². The van der Waals surface area contributed by atoms with Crippen molar-refractivity contribution in [1.82, 2.24) is 10.2 Å². The minimum atomic E-state index is -0.268. The summed E-state index contributed by atoms with van der Waals surface area (Å²) in [5.41, 5.74) is 1.07. The van der Waals surface area contributed by atoms with Crippen molar-refractivity contribution in [2.24, 2.45) is 0 Å². The Morgan fingerprint density at radius 2 is 1.85 bits per heavy atom. The molecule has 0 aromatic heterocycles. The summed E-state index contributed by atoms with van der Waals surface area (Å²) in [7, 11) is 3.21. The van der Waals surface area contributed by atoms with Gasteiger partial charge in [-0.2, -0.15) is 0 Å². The number of hydrogen-bond acceptors (Lipinski definition) is 5. The van der Waals surface area contributed by atoms with Gasteiger partial charge in [-0.15, -0.1) is 0 Å². The van der Waals surface area contributed by atoms with Crippen molar-refractivity contribution in [3.8, 4) is 11.5 Å². The van der Waals surface area contributed by atoms with Crippen LogP contribution in [0.2, 0.25) is 0 Å². The quantitative estimate of drug-likeness (QED) is 0.648. The van der Waals surface area contributed by atoms with Crippen molar-refractivity contribution in [2.75, 3.05) is 60.1 Å². The number of rotatable bonds is 8. The average Bonchev–Trinajstić information content (AvgIpc) is 2.68. The number of piperazine rings is 1. The molecule has 1 saturated heterocycles. The molecule has 2 amide bonds. The van der Waals surface area contributed by atoms with Gasteiger partial charge >= 0.3 is 6.09 Å². The molecular formula is C19H30N3O5+. The first-order chi connectivity index (χ1) is 13.1.